The Morgan fingerprint density at radius 3 is 2.89 bits per heavy atom. The Balaban J connectivity index is 1.92. The minimum Gasteiger partial charge on any atom is -0.396 e. The maximum absolute atomic E-state index is 8.48. The average molecular weight is 129 g/mol. The third-order valence-electron chi connectivity index (χ3n) is 2.03. The standard InChI is InChI=1S/C7H15NO/c1-8-7-5-6(7)3-2-4-9/h6-9H,2-5H2,1H3/t6-,7+/m1/s1. The van der Waals surface area contributed by atoms with E-state index in [1.54, 1.807) is 0 Å². The molecule has 1 fully saturated rings. The van der Waals surface area contributed by atoms with E-state index in [1.807, 2.05) is 7.05 Å². The molecule has 0 spiro atoms. The second-order valence-electron chi connectivity index (χ2n) is 2.76. The summed E-state index contributed by atoms with van der Waals surface area (Å²) >= 11 is 0. The molecule has 0 radical (unpaired) electrons. The Morgan fingerprint density at radius 2 is 2.44 bits per heavy atom. The van der Waals surface area contributed by atoms with Gasteiger partial charge in [0.25, 0.3) is 0 Å². The van der Waals surface area contributed by atoms with Crippen molar-refractivity contribution in [3.8, 4) is 0 Å². The molecule has 0 saturated heterocycles. The van der Waals surface area contributed by atoms with Crippen molar-refractivity contribution in [1.29, 1.82) is 0 Å². The Labute approximate surface area is 56.3 Å². The van der Waals surface area contributed by atoms with E-state index >= 15 is 0 Å². The van der Waals surface area contributed by atoms with Crippen molar-refractivity contribution in [3.63, 3.8) is 0 Å². The summed E-state index contributed by atoms with van der Waals surface area (Å²) < 4.78 is 0. The van der Waals surface area contributed by atoms with Gasteiger partial charge < -0.3 is 10.4 Å². The van der Waals surface area contributed by atoms with Crippen molar-refractivity contribution < 1.29 is 5.11 Å². The molecule has 1 aliphatic carbocycles. The Hall–Kier alpha value is -0.0800. The molecule has 0 aromatic heterocycles. The van der Waals surface area contributed by atoms with Crippen LogP contribution in [0.4, 0.5) is 0 Å². The summed E-state index contributed by atoms with van der Waals surface area (Å²) in [6.07, 6.45) is 3.49. The van der Waals surface area contributed by atoms with E-state index in [1.165, 1.54) is 12.8 Å². The van der Waals surface area contributed by atoms with Crippen molar-refractivity contribution in [2.45, 2.75) is 25.3 Å². The zero-order valence-corrected chi connectivity index (χ0v) is 5.93. The zero-order valence-electron chi connectivity index (χ0n) is 5.93. The van der Waals surface area contributed by atoms with Crippen LogP contribution in [0.5, 0.6) is 0 Å². The first-order chi connectivity index (χ1) is 4.38. The number of nitrogens with one attached hydrogen (secondary N) is 1. The molecule has 1 saturated carbocycles. The maximum Gasteiger partial charge on any atom is 0.0431 e. The third kappa shape index (κ3) is 1.95. The molecular weight excluding hydrogens is 114 g/mol. The van der Waals surface area contributed by atoms with Gasteiger partial charge in [0, 0.05) is 12.6 Å². The second kappa shape index (κ2) is 3.18. The van der Waals surface area contributed by atoms with E-state index in [0.717, 1.165) is 18.4 Å². The van der Waals surface area contributed by atoms with E-state index in [-0.39, 0.29) is 0 Å². The molecule has 2 nitrogen and oxygen atoms in total. The monoisotopic (exact) mass is 129 g/mol. The van der Waals surface area contributed by atoms with E-state index in [0.29, 0.717) is 6.61 Å². The molecule has 1 rings (SSSR count). The Bertz CT molecular complexity index is 85.0. The molecule has 1 aliphatic rings. The number of aliphatic hydroxyl groups excluding tert-OH is 1. The first-order valence-corrected chi connectivity index (χ1v) is 3.66. The lowest BCUT2D eigenvalue weighted by Gasteiger charge is -1.94. The van der Waals surface area contributed by atoms with Crippen LogP contribution < -0.4 is 5.32 Å². The van der Waals surface area contributed by atoms with Gasteiger partial charge in [-0.15, -0.1) is 0 Å². The van der Waals surface area contributed by atoms with Gasteiger partial charge in [-0.2, -0.15) is 0 Å². The Morgan fingerprint density at radius 1 is 1.67 bits per heavy atom. The van der Waals surface area contributed by atoms with Crippen molar-refractivity contribution in [2.24, 2.45) is 5.92 Å². The highest BCUT2D eigenvalue weighted by atomic mass is 16.2. The number of aliphatic hydroxyl groups is 1. The van der Waals surface area contributed by atoms with E-state index < -0.39 is 0 Å². The van der Waals surface area contributed by atoms with Crippen LogP contribution in [0.2, 0.25) is 0 Å². The lowest BCUT2D eigenvalue weighted by Crippen LogP contribution is -2.10. The highest BCUT2D eigenvalue weighted by Gasteiger charge is 2.34. The van der Waals surface area contributed by atoms with Crippen molar-refractivity contribution >= 4 is 0 Å². The van der Waals surface area contributed by atoms with Gasteiger partial charge >= 0.3 is 0 Å². The normalized spacial score (nSPS) is 32.7. The molecule has 0 aromatic carbocycles. The molecule has 0 unspecified atom stereocenters. The fourth-order valence-corrected chi connectivity index (χ4v) is 1.27. The van der Waals surface area contributed by atoms with Crippen LogP contribution in [0.3, 0.4) is 0 Å². The topological polar surface area (TPSA) is 32.3 Å². The molecule has 9 heavy (non-hydrogen) atoms. The number of rotatable bonds is 4. The summed E-state index contributed by atoms with van der Waals surface area (Å²) in [4.78, 5) is 0. The predicted molar refractivity (Wildman–Crippen MR) is 37.3 cm³/mol. The van der Waals surface area contributed by atoms with Gasteiger partial charge in [0.2, 0.25) is 0 Å². The molecule has 0 heterocycles. The van der Waals surface area contributed by atoms with Crippen LogP contribution in [0.25, 0.3) is 0 Å². The Kier molecular flexibility index (Phi) is 2.49. The molecule has 0 aliphatic heterocycles. The minimum atomic E-state index is 0.354. The lowest BCUT2D eigenvalue weighted by atomic mass is 10.2. The molecule has 2 atom stereocenters. The molecule has 2 N–H and O–H groups in total. The van der Waals surface area contributed by atoms with Gasteiger partial charge in [-0.05, 0) is 32.2 Å². The summed E-state index contributed by atoms with van der Waals surface area (Å²) in [6.45, 7) is 0.354. The van der Waals surface area contributed by atoms with Crippen LogP contribution in [-0.2, 0) is 0 Å². The van der Waals surface area contributed by atoms with Gasteiger partial charge in [0.05, 0.1) is 0 Å². The van der Waals surface area contributed by atoms with Crippen LogP contribution in [-0.4, -0.2) is 24.8 Å². The highest BCUT2D eigenvalue weighted by Crippen LogP contribution is 2.33. The van der Waals surface area contributed by atoms with Crippen molar-refractivity contribution in [3.05, 3.63) is 0 Å². The van der Waals surface area contributed by atoms with Gasteiger partial charge in [0.15, 0.2) is 0 Å². The highest BCUT2D eigenvalue weighted by molar-refractivity contribution is 4.91. The van der Waals surface area contributed by atoms with E-state index in [9.17, 15) is 0 Å². The largest absolute Gasteiger partial charge is 0.396 e. The summed E-state index contributed by atoms with van der Waals surface area (Å²) in [6, 6.07) is 0.761. The van der Waals surface area contributed by atoms with Gasteiger partial charge in [-0.3, -0.25) is 0 Å². The predicted octanol–water partition coefficient (Wildman–Crippen LogP) is 0.367. The minimum absolute atomic E-state index is 0.354. The van der Waals surface area contributed by atoms with Crippen LogP contribution in [0.15, 0.2) is 0 Å². The second-order valence-corrected chi connectivity index (χ2v) is 2.76. The molecule has 0 aromatic rings. The van der Waals surface area contributed by atoms with Gasteiger partial charge in [-0.25, -0.2) is 0 Å². The number of hydrogen-bond acceptors (Lipinski definition) is 2. The summed E-state index contributed by atoms with van der Waals surface area (Å²) in [7, 11) is 2.00. The maximum atomic E-state index is 8.48. The SMILES string of the molecule is CN[C@H]1C[C@H]1CCCO. The zero-order chi connectivity index (χ0) is 6.69. The smallest absolute Gasteiger partial charge is 0.0431 e. The van der Waals surface area contributed by atoms with Crippen LogP contribution >= 0.6 is 0 Å². The summed E-state index contributed by atoms with van der Waals surface area (Å²) in [5.41, 5.74) is 0. The lowest BCUT2D eigenvalue weighted by molar-refractivity contribution is 0.280. The molecule has 0 bridgehead atoms. The van der Waals surface area contributed by atoms with E-state index in [4.69, 9.17) is 5.11 Å². The van der Waals surface area contributed by atoms with Gasteiger partial charge in [-0.1, -0.05) is 0 Å². The van der Waals surface area contributed by atoms with Crippen LogP contribution in [0.1, 0.15) is 19.3 Å². The van der Waals surface area contributed by atoms with Gasteiger partial charge in [0.1, 0.15) is 0 Å². The molecular formula is C7H15NO. The fourth-order valence-electron chi connectivity index (χ4n) is 1.27. The summed E-state index contributed by atoms with van der Waals surface area (Å²) in [5, 5.41) is 11.7. The van der Waals surface area contributed by atoms with Crippen molar-refractivity contribution in [1.82, 2.24) is 5.32 Å². The fraction of sp³-hybridized carbons (Fsp3) is 1.00. The first kappa shape index (κ1) is 7.03. The van der Waals surface area contributed by atoms with E-state index in [2.05, 4.69) is 5.32 Å². The van der Waals surface area contributed by atoms with Crippen LogP contribution in [0, 0.1) is 5.92 Å². The molecule has 54 valence electrons. The molecule has 0 amide bonds. The molecule has 2 heteroatoms. The quantitative estimate of drug-likeness (QED) is 0.574. The van der Waals surface area contributed by atoms with Crippen molar-refractivity contribution in [2.75, 3.05) is 13.7 Å². The number of hydrogen-bond donors (Lipinski definition) is 2. The first-order valence-electron chi connectivity index (χ1n) is 3.66. The third-order valence-corrected chi connectivity index (χ3v) is 2.03. The summed E-state index contributed by atoms with van der Waals surface area (Å²) in [5.74, 6) is 0.863. The average Bonchev–Trinajstić information content (AvgIpc) is 2.62.